The van der Waals surface area contributed by atoms with Gasteiger partial charge in [0.1, 0.15) is 18.1 Å². The van der Waals surface area contributed by atoms with E-state index in [2.05, 4.69) is 17.6 Å². The number of anilines is 1. The van der Waals surface area contributed by atoms with Crippen LogP contribution in [0.3, 0.4) is 0 Å². The molecule has 1 fully saturated rings. The average molecular weight is 368 g/mol. The Bertz CT molecular complexity index is 791. The third-order valence-electron chi connectivity index (χ3n) is 5.11. The number of ether oxygens (including phenoxy) is 2. The van der Waals surface area contributed by atoms with Gasteiger partial charge in [0.05, 0.1) is 7.11 Å². The second kappa shape index (κ2) is 8.91. The Morgan fingerprint density at radius 2 is 1.96 bits per heavy atom. The molecule has 5 nitrogen and oxygen atoms in total. The summed E-state index contributed by atoms with van der Waals surface area (Å²) in [5.41, 5.74) is 2.73. The van der Waals surface area contributed by atoms with E-state index in [1.807, 2.05) is 49.4 Å². The lowest BCUT2D eigenvalue weighted by Crippen LogP contribution is -2.40. The quantitative estimate of drug-likeness (QED) is 0.812. The standard InChI is InChI=1S/C22H28N2O3/c1-15-13-17(11-12-23-15)22(25)24-19-8-6-10-20(16(19)2)27-14-18-7-4-5-9-21(18)26-3/h4-10,15,17,23H,11-14H2,1-3H3,(H,24,25)/t15-,17-/m0/s1. The van der Waals surface area contributed by atoms with Gasteiger partial charge in [-0.1, -0.05) is 24.3 Å². The lowest BCUT2D eigenvalue weighted by atomic mass is 9.92. The molecule has 1 aliphatic heterocycles. The van der Waals surface area contributed by atoms with E-state index in [-0.39, 0.29) is 11.8 Å². The van der Waals surface area contributed by atoms with Crippen LogP contribution in [0, 0.1) is 12.8 Å². The van der Waals surface area contributed by atoms with Crippen LogP contribution in [0.1, 0.15) is 30.9 Å². The van der Waals surface area contributed by atoms with Gasteiger partial charge in [-0.25, -0.2) is 0 Å². The zero-order valence-electron chi connectivity index (χ0n) is 16.2. The number of methoxy groups -OCH3 is 1. The predicted molar refractivity (Wildman–Crippen MR) is 107 cm³/mol. The third-order valence-corrected chi connectivity index (χ3v) is 5.11. The van der Waals surface area contributed by atoms with Gasteiger partial charge >= 0.3 is 0 Å². The topological polar surface area (TPSA) is 59.6 Å². The van der Waals surface area contributed by atoms with E-state index in [4.69, 9.17) is 9.47 Å². The van der Waals surface area contributed by atoms with Crippen LogP contribution in [0.4, 0.5) is 5.69 Å². The Labute approximate surface area is 161 Å². The Morgan fingerprint density at radius 3 is 2.74 bits per heavy atom. The molecule has 1 amide bonds. The van der Waals surface area contributed by atoms with Crippen molar-refractivity contribution in [2.75, 3.05) is 19.0 Å². The molecule has 2 aromatic rings. The van der Waals surface area contributed by atoms with Gasteiger partial charge in [-0.15, -0.1) is 0 Å². The number of hydrogen-bond acceptors (Lipinski definition) is 4. The Hall–Kier alpha value is -2.53. The summed E-state index contributed by atoms with van der Waals surface area (Å²) in [5.74, 6) is 1.71. The van der Waals surface area contributed by atoms with Gasteiger partial charge in [-0.3, -0.25) is 4.79 Å². The molecule has 0 unspecified atom stereocenters. The lowest BCUT2D eigenvalue weighted by Gasteiger charge is -2.27. The molecule has 2 atom stereocenters. The molecule has 2 N–H and O–H groups in total. The molecule has 0 saturated carbocycles. The third kappa shape index (κ3) is 4.80. The van der Waals surface area contributed by atoms with Crippen LogP contribution in [-0.2, 0) is 11.4 Å². The second-order valence-corrected chi connectivity index (χ2v) is 7.09. The minimum absolute atomic E-state index is 0.0544. The van der Waals surface area contributed by atoms with E-state index in [0.29, 0.717) is 12.6 Å². The molecule has 0 aromatic heterocycles. The molecule has 144 valence electrons. The zero-order valence-corrected chi connectivity index (χ0v) is 16.2. The number of benzene rings is 2. The fourth-order valence-electron chi connectivity index (χ4n) is 3.49. The van der Waals surface area contributed by atoms with Crippen molar-refractivity contribution in [2.24, 2.45) is 5.92 Å². The van der Waals surface area contributed by atoms with Crippen molar-refractivity contribution in [3.8, 4) is 11.5 Å². The zero-order chi connectivity index (χ0) is 19.2. The van der Waals surface area contributed by atoms with E-state index in [0.717, 1.165) is 47.7 Å². The maximum atomic E-state index is 12.6. The van der Waals surface area contributed by atoms with Crippen LogP contribution in [-0.4, -0.2) is 25.6 Å². The van der Waals surface area contributed by atoms with Gasteiger partial charge in [0, 0.05) is 28.8 Å². The fraction of sp³-hybridized carbons (Fsp3) is 0.409. The highest BCUT2D eigenvalue weighted by Crippen LogP contribution is 2.28. The van der Waals surface area contributed by atoms with E-state index in [1.54, 1.807) is 7.11 Å². The molecular weight excluding hydrogens is 340 g/mol. The maximum Gasteiger partial charge on any atom is 0.227 e. The molecule has 5 heteroatoms. The Balaban J connectivity index is 1.67. The highest BCUT2D eigenvalue weighted by Gasteiger charge is 2.25. The van der Waals surface area contributed by atoms with Crippen LogP contribution < -0.4 is 20.1 Å². The number of rotatable bonds is 6. The Kier molecular flexibility index (Phi) is 6.35. The van der Waals surface area contributed by atoms with Crippen LogP contribution in [0.25, 0.3) is 0 Å². The van der Waals surface area contributed by atoms with Crippen LogP contribution in [0.5, 0.6) is 11.5 Å². The normalized spacial score (nSPS) is 19.4. The van der Waals surface area contributed by atoms with Crippen LogP contribution in [0.2, 0.25) is 0 Å². The number of nitrogens with one attached hydrogen (secondary N) is 2. The average Bonchev–Trinajstić information content (AvgIpc) is 2.68. The summed E-state index contributed by atoms with van der Waals surface area (Å²) in [6.07, 6.45) is 1.74. The molecule has 1 heterocycles. The summed E-state index contributed by atoms with van der Waals surface area (Å²) in [5, 5.41) is 6.47. The Morgan fingerprint density at radius 1 is 1.19 bits per heavy atom. The van der Waals surface area contributed by atoms with Gasteiger partial charge in [0.25, 0.3) is 0 Å². The van der Waals surface area contributed by atoms with Gasteiger partial charge in [0.2, 0.25) is 5.91 Å². The molecule has 0 aliphatic carbocycles. The summed E-state index contributed by atoms with van der Waals surface area (Å²) in [6.45, 7) is 5.39. The van der Waals surface area contributed by atoms with Crippen LogP contribution >= 0.6 is 0 Å². The highest BCUT2D eigenvalue weighted by atomic mass is 16.5. The molecule has 27 heavy (non-hydrogen) atoms. The summed E-state index contributed by atoms with van der Waals surface area (Å²) >= 11 is 0. The second-order valence-electron chi connectivity index (χ2n) is 7.09. The molecule has 3 rings (SSSR count). The summed E-state index contributed by atoms with van der Waals surface area (Å²) in [7, 11) is 1.65. The number of amides is 1. The molecular formula is C22H28N2O3. The first-order valence-corrected chi connectivity index (χ1v) is 9.47. The lowest BCUT2D eigenvalue weighted by molar-refractivity contribution is -0.120. The van der Waals surface area contributed by atoms with E-state index >= 15 is 0 Å². The van der Waals surface area contributed by atoms with Crippen molar-refractivity contribution in [3.63, 3.8) is 0 Å². The van der Waals surface area contributed by atoms with Crippen LogP contribution in [0.15, 0.2) is 42.5 Å². The molecule has 0 spiro atoms. The smallest absolute Gasteiger partial charge is 0.227 e. The molecule has 1 aliphatic rings. The fourth-order valence-corrected chi connectivity index (χ4v) is 3.49. The van der Waals surface area contributed by atoms with Crippen molar-refractivity contribution < 1.29 is 14.3 Å². The molecule has 2 aromatic carbocycles. The molecule has 0 radical (unpaired) electrons. The first kappa shape index (κ1) is 19.2. The van der Waals surface area contributed by atoms with Crippen molar-refractivity contribution in [1.82, 2.24) is 5.32 Å². The van der Waals surface area contributed by atoms with Crippen molar-refractivity contribution in [3.05, 3.63) is 53.6 Å². The highest BCUT2D eigenvalue weighted by molar-refractivity contribution is 5.93. The monoisotopic (exact) mass is 368 g/mol. The number of carbonyl (C=O) groups is 1. The summed E-state index contributed by atoms with van der Waals surface area (Å²) in [6, 6.07) is 13.9. The number of piperidine rings is 1. The first-order chi connectivity index (χ1) is 13.1. The van der Waals surface area contributed by atoms with E-state index in [1.165, 1.54) is 0 Å². The minimum Gasteiger partial charge on any atom is -0.496 e. The van der Waals surface area contributed by atoms with Gasteiger partial charge in [-0.05, 0) is 51.4 Å². The van der Waals surface area contributed by atoms with Gasteiger partial charge in [-0.2, -0.15) is 0 Å². The van der Waals surface area contributed by atoms with Gasteiger partial charge < -0.3 is 20.1 Å². The van der Waals surface area contributed by atoms with E-state index < -0.39 is 0 Å². The number of para-hydroxylation sites is 1. The maximum absolute atomic E-state index is 12.6. The first-order valence-electron chi connectivity index (χ1n) is 9.47. The minimum atomic E-state index is 0.0544. The van der Waals surface area contributed by atoms with Crippen molar-refractivity contribution >= 4 is 11.6 Å². The summed E-state index contributed by atoms with van der Waals surface area (Å²) < 4.78 is 11.4. The molecule has 0 bridgehead atoms. The molecule has 1 saturated heterocycles. The van der Waals surface area contributed by atoms with Crippen molar-refractivity contribution in [2.45, 2.75) is 39.3 Å². The summed E-state index contributed by atoms with van der Waals surface area (Å²) in [4.78, 5) is 12.6. The number of hydrogen-bond donors (Lipinski definition) is 2. The van der Waals surface area contributed by atoms with Gasteiger partial charge in [0.15, 0.2) is 0 Å². The predicted octanol–water partition coefficient (Wildman–Crippen LogP) is 3.91. The van der Waals surface area contributed by atoms with E-state index in [9.17, 15) is 4.79 Å². The number of carbonyl (C=O) groups excluding carboxylic acids is 1. The largest absolute Gasteiger partial charge is 0.496 e. The van der Waals surface area contributed by atoms with Crippen molar-refractivity contribution in [1.29, 1.82) is 0 Å². The SMILES string of the molecule is COc1ccccc1COc1cccc(NC(=O)[C@H]2CCN[C@@H](C)C2)c1C.